The molecule has 1 aliphatic carbocycles. The number of piperazine rings is 1. The molecule has 0 atom stereocenters. The molecule has 6 heteroatoms. The van der Waals surface area contributed by atoms with Crippen LogP contribution < -0.4 is 10.2 Å². The predicted octanol–water partition coefficient (Wildman–Crippen LogP) is 0.708. The number of nitrogens with zero attached hydrogens (tertiary/aromatic N) is 3. The Morgan fingerprint density at radius 1 is 1.25 bits per heavy atom. The Labute approximate surface area is 117 Å². The summed E-state index contributed by atoms with van der Waals surface area (Å²) in [5, 5.41) is 2.83. The zero-order valence-electron chi connectivity index (χ0n) is 11.3. The number of pyridine rings is 1. The molecule has 1 saturated carbocycles. The van der Waals surface area contributed by atoms with E-state index >= 15 is 0 Å². The quantitative estimate of drug-likeness (QED) is 0.821. The van der Waals surface area contributed by atoms with E-state index in [-0.39, 0.29) is 11.8 Å². The van der Waals surface area contributed by atoms with Crippen molar-refractivity contribution >= 4 is 23.8 Å². The summed E-state index contributed by atoms with van der Waals surface area (Å²) in [6, 6.07) is 3.80. The molecular weight excluding hydrogens is 256 g/mol. The third-order valence-electron chi connectivity index (χ3n) is 3.78. The Bertz CT molecular complexity index is 490. The number of nitrogens with one attached hydrogen (secondary N) is 1. The third kappa shape index (κ3) is 2.89. The lowest BCUT2D eigenvalue weighted by molar-refractivity contribution is -0.118. The van der Waals surface area contributed by atoms with Crippen LogP contribution in [0.3, 0.4) is 0 Å². The number of hydrogen-bond donors (Lipinski definition) is 1. The summed E-state index contributed by atoms with van der Waals surface area (Å²) in [5.74, 6) is 0.870. The molecule has 1 aliphatic heterocycles. The first-order chi connectivity index (χ1) is 9.76. The minimum absolute atomic E-state index is 0.0739. The maximum Gasteiger partial charge on any atom is 0.228 e. The highest BCUT2D eigenvalue weighted by atomic mass is 16.2. The number of amides is 2. The Kier molecular flexibility index (Phi) is 3.54. The maximum absolute atomic E-state index is 11.6. The van der Waals surface area contributed by atoms with Gasteiger partial charge in [0.25, 0.3) is 0 Å². The first-order valence-electron chi connectivity index (χ1n) is 6.97. The monoisotopic (exact) mass is 274 g/mol. The van der Waals surface area contributed by atoms with Crippen LogP contribution in [0.2, 0.25) is 0 Å². The normalized spacial score (nSPS) is 18.8. The summed E-state index contributed by atoms with van der Waals surface area (Å²) in [6.45, 7) is 3.11. The summed E-state index contributed by atoms with van der Waals surface area (Å²) >= 11 is 0. The SMILES string of the molecule is O=CN1CCN(c2ccc(NC(=O)C3CC3)nc2)CC1. The molecule has 0 radical (unpaired) electrons. The maximum atomic E-state index is 11.6. The lowest BCUT2D eigenvalue weighted by atomic mass is 10.3. The molecule has 1 aromatic rings. The van der Waals surface area contributed by atoms with E-state index in [1.54, 1.807) is 11.1 Å². The summed E-state index contributed by atoms with van der Waals surface area (Å²) in [7, 11) is 0. The molecule has 0 bridgehead atoms. The van der Waals surface area contributed by atoms with E-state index in [4.69, 9.17) is 0 Å². The minimum atomic E-state index is 0.0739. The molecule has 1 aromatic heterocycles. The summed E-state index contributed by atoms with van der Waals surface area (Å²) in [6.07, 6.45) is 4.65. The summed E-state index contributed by atoms with van der Waals surface area (Å²) in [5.41, 5.74) is 1.03. The lowest BCUT2D eigenvalue weighted by Gasteiger charge is -2.33. The number of aromatic nitrogens is 1. The van der Waals surface area contributed by atoms with Gasteiger partial charge in [-0.25, -0.2) is 4.98 Å². The van der Waals surface area contributed by atoms with Crippen molar-refractivity contribution in [3.8, 4) is 0 Å². The number of anilines is 2. The Morgan fingerprint density at radius 2 is 2.00 bits per heavy atom. The van der Waals surface area contributed by atoms with Crippen LogP contribution in [0.25, 0.3) is 0 Å². The van der Waals surface area contributed by atoms with Crippen LogP contribution in [0.1, 0.15) is 12.8 Å². The molecule has 0 unspecified atom stereocenters. The number of rotatable bonds is 4. The van der Waals surface area contributed by atoms with Crippen molar-refractivity contribution in [1.29, 1.82) is 0 Å². The van der Waals surface area contributed by atoms with Gasteiger partial charge in [-0.2, -0.15) is 0 Å². The average molecular weight is 274 g/mol. The molecule has 2 amide bonds. The van der Waals surface area contributed by atoms with E-state index in [1.807, 2.05) is 12.1 Å². The third-order valence-corrected chi connectivity index (χ3v) is 3.78. The number of carbonyl (C=O) groups excluding carboxylic acids is 2. The van der Waals surface area contributed by atoms with E-state index in [9.17, 15) is 9.59 Å². The van der Waals surface area contributed by atoms with Crippen LogP contribution in [-0.2, 0) is 9.59 Å². The van der Waals surface area contributed by atoms with Crippen LogP contribution >= 0.6 is 0 Å². The number of hydrogen-bond acceptors (Lipinski definition) is 4. The van der Waals surface area contributed by atoms with Crippen LogP contribution in [-0.4, -0.2) is 48.4 Å². The second-order valence-electron chi connectivity index (χ2n) is 5.29. The smallest absolute Gasteiger partial charge is 0.228 e. The number of carbonyl (C=O) groups is 2. The van der Waals surface area contributed by atoms with Gasteiger partial charge in [0.2, 0.25) is 12.3 Å². The Morgan fingerprint density at radius 3 is 2.55 bits per heavy atom. The molecule has 0 aromatic carbocycles. The lowest BCUT2D eigenvalue weighted by Crippen LogP contribution is -2.45. The molecule has 0 spiro atoms. The zero-order chi connectivity index (χ0) is 13.9. The summed E-state index contributed by atoms with van der Waals surface area (Å²) in [4.78, 5) is 30.5. The van der Waals surface area contributed by atoms with Gasteiger partial charge in [0.1, 0.15) is 5.82 Å². The van der Waals surface area contributed by atoms with Crippen LogP contribution in [0.15, 0.2) is 18.3 Å². The topological polar surface area (TPSA) is 65.5 Å². The highest BCUT2D eigenvalue weighted by molar-refractivity contribution is 5.93. The van der Waals surface area contributed by atoms with Crippen LogP contribution in [0.5, 0.6) is 0 Å². The van der Waals surface area contributed by atoms with Crippen molar-refractivity contribution < 1.29 is 9.59 Å². The van der Waals surface area contributed by atoms with E-state index in [2.05, 4.69) is 15.2 Å². The molecule has 3 rings (SSSR count). The second kappa shape index (κ2) is 5.48. The molecule has 106 valence electrons. The molecule has 1 saturated heterocycles. The van der Waals surface area contributed by atoms with Crippen molar-refractivity contribution in [2.24, 2.45) is 5.92 Å². The first kappa shape index (κ1) is 12.9. The first-order valence-corrected chi connectivity index (χ1v) is 6.97. The predicted molar refractivity (Wildman–Crippen MR) is 75.4 cm³/mol. The van der Waals surface area contributed by atoms with Crippen molar-refractivity contribution in [1.82, 2.24) is 9.88 Å². The highest BCUT2D eigenvalue weighted by Crippen LogP contribution is 2.30. The van der Waals surface area contributed by atoms with Crippen molar-refractivity contribution in [3.05, 3.63) is 18.3 Å². The molecule has 2 aliphatic rings. The minimum Gasteiger partial charge on any atom is -0.367 e. The van der Waals surface area contributed by atoms with E-state index in [0.29, 0.717) is 5.82 Å². The second-order valence-corrected chi connectivity index (χ2v) is 5.29. The van der Waals surface area contributed by atoms with Gasteiger partial charge in [-0.05, 0) is 25.0 Å². The van der Waals surface area contributed by atoms with Crippen LogP contribution in [0.4, 0.5) is 11.5 Å². The highest BCUT2D eigenvalue weighted by Gasteiger charge is 2.29. The van der Waals surface area contributed by atoms with Gasteiger partial charge in [-0.1, -0.05) is 0 Å². The fraction of sp³-hybridized carbons (Fsp3) is 0.500. The van der Waals surface area contributed by atoms with E-state index in [0.717, 1.165) is 51.1 Å². The molecule has 20 heavy (non-hydrogen) atoms. The van der Waals surface area contributed by atoms with Gasteiger partial charge in [0.05, 0.1) is 11.9 Å². The molecule has 2 heterocycles. The van der Waals surface area contributed by atoms with Crippen molar-refractivity contribution in [3.63, 3.8) is 0 Å². The standard InChI is InChI=1S/C14H18N4O2/c19-10-17-5-7-18(8-6-17)12-3-4-13(15-9-12)16-14(20)11-1-2-11/h3-4,9-11H,1-2,5-8H2,(H,15,16,20). The van der Waals surface area contributed by atoms with Gasteiger partial charge >= 0.3 is 0 Å². The molecule has 6 nitrogen and oxygen atoms in total. The van der Waals surface area contributed by atoms with Gasteiger partial charge in [-0.3, -0.25) is 9.59 Å². The Balaban J connectivity index is 1.58. The average Bonchev–Trinajstić information content (AvgIpc) is 3.33. The van der Waals surface area contributed by atoms with E-state index < -0.39 is 0 Å². The molecule has 1 N–H and O–H groups in total. The Hall–Kier alpha value is -2.11. The van der Waals surface area contributed by atoms with Gasteiger partial charge in [-0.15, -0.1) is 0 Å². The fourth-order valence-electron chi connectivity index (χ4n) is 2.31. The van der Waals surface area contributed by atoms with Crippen LogP contribution in [0, 0.1) is 5.92 Å². The van der Waals surface area contributed by atoms with Gasteiger partial charge in [0, 0.05) is 32.1 Å². The van der Waals surface area contributed by atoms with E-state index in [1.165, 1.54) is 0 Å². The molecule has 2 fully saturated rings. The molecular formula is C14H18N4O2. The van der Waals surface area contributed by atoms with Crippen molar-refractivity contribution in [2.75, 3.05) is 36.4 Å². The van der Waals surface area contributed by atoms with Gasteiger partial charge < -0.3 is 15.1 Å². The summed E-state index contributed by atoms with van der Waals surface area (Å²) < 4.78 is 0. The van der Waals surface area contributed by atoms with Crippen molar-refractivity contribution in [2.45, 2.75) is 12.8 Å². The largest absolute Gasteiger partial charge is 0.367 e. The zero-order valence-corrected chi connectivity index (χ0v) is 11.3. The fourth-order valence-corrected chi connectivity index (χ4v) is 2.31. The van der Waals surface area contributed by atoms with Gasteiger partial charge in [0.15, 0.2) is 0 Å².